The molecule has 0 saturated heterocycles. The highest BCUT2D eigenvalue weighted by Crippen LogP contribution is 2.21. The summed E-state index contributed by atoms with van der Waals surface area (Å²) in [6.07, 6.45) is 8.75. The van der Waals surface area contributed by atoms with Gasteiger partial charge >= 0.3 is 5.97 Å². The molecule has 3 aromatic rings. The number of unbranched alkanes of at least 4 members (excludes halogenated alkanes) is 1. The Bertz CT molecular complexity index is 1300. The van der Waals surface area contributed by atoms with Crippen molar-refractivity contribution < 1.29 is 14.7 Å². The molecule has 0 bridgehead atoms. The van der Waals surface area contributed by atoms with Crippen LogP contribution in [-0.2, 0) is 22.4 Å². The van der Waals surface area contributed by atoms with E-state index < -0.39 is 12.0 Å². The van der Waals surface area contributed by atoms with Gasteiger partial charge in [-0.3, -0.25) is 9.78 Å². The standard InChI is InChI=1S/C30H40N8O3/c1-21-20-27(37-29(34-21)24-10-14-31-15-11-24)36-26(30(40)41)12-18-38(19-16-32-22(2)39)17-4-3-7-25-9-8-23-6-5-13-33-28(23)35-25/h8-11,14-15,20,26H,3-7,12-13,16-19H2,1-2H3,(H,32,39)(H,33,35)(H,40,41)(H,34,36,37). The SMILES string of the molecule is CC(=O)NCCN(CCCCc1ccc2c(n1)NCCC2)CCC(Nc1cc(C)nc(-c2ccncc2)n1)C(=O)O. The first-order valence-corrected chi connectivity index (χ1v) is 14.3. The number of carbonyl (C=O) groups is 2. The van der Waals surface area contributed by atoms with Crippen LogP contribution in [0.15, 0.2) is 42.7 Å². The normalized spacial score (nSPS) is 13.2. The Balaban J connectivity index is 1.33. The summed E-state index contributed by atoms with van der Waals surface area (Å²) in [5.41, 5.74) is 3.92. The zero-order valence-electron chi connectivity index (χ0n) is 23.9. The molecule has 0 spiro atoms. The van der Waals surface area contributed by atoms with Crippen LogP contribution >= 0.6 is 0 Å². The van der Waals surface area contributed by atoms with Crippen molar-refractivity contribution in [1.82, 2.24) is 30.2 Å². The number of aryl methyl sites for hydroxylation is 3. The third kappa shape index (κ3) is 9.49. The number of aliphatic carboxylic acids is 1. The maximum Gasteiger partial charge on any atom is 0.326 e. The molecular formula is C30H40N8O3. The number of rotatable bonds is 15. The molecule has 0 radical (unpaired) electrons. The van der Waals surface area contributed by atoms with Crippen LogP contribution in [0.2, 0.25) is 0 Å². The van der Waals surface area contributed by atoms with Gasteiger partial charge in [0.2, 0.25) is 5.91 Å². The van der Waals surface area contributed by atoms with Crippen molar-refractivity contribution in [3.63, 3.8) is 0 Å². The molecule has 218 valence electrons. The summed E-state index contributed by atoms with van der Waals surface area (Å²) < 4.78 is 0. The van der Waals surface area contributed by atoms with Crippen LogP contribution in [0.3, 0.4) is 0 Å². The molecule has 1 amide bonds. The zero-order valence-corrected chi connectivity index (χ0v) is 23.9. The van der Waals surface area contributed by atoms with E-state index in [4.69, 9.17) is 4.98 Å². The van der Waals surface area contributed by atoms with Crippen LogP contribution in [0.1, 0.15) is 49.6 Å². The van der Waals surface area contributed by atoms with E-state index in [9.17, 15) is 14.7 Å². The predicted octanol–water partition coefficient (Wildman–Crippen LogP) is 3.32. The Kier molecular flexibility index (Phi) is 10.9. The number of aromatic nitrogens is 4. The minimum absolute atomic E-state index is 0.0775. The maximum atomic E-state index is 12.2. The molecule has 3 aromatic heterocycles. The molecule has 4 heterocycles. The summed E-state index contributed by atoms with van der Waals surface area (Å²) in [6.45, 7) is 6.85. The van der Waals surface area contributed by atoms with Gasteiger partial charge < -0.3 is 26.0 Å². The number of amides is 1. The minimum Gasteiger partial charge on any atom is -0.480 e. The number of carboxylic acid groups (broad SMARTS) is 1. The molecule has 11 heteroatoms. The van der Waals surface area contributed by atoms with Crippen molar-refractivity contribution in [3.8, 4) is 11.4 Å². The smallest absolute Gasteiger partial charge is 0.326 e. The lowest BCUT2D eigenvalue weighted by atomic mass is 10.1. The zero-order chi connectivity index (χ0) is 29.0. The fourth-order valence-electron chi connectivity index (χ4n) is 4.90. The Morgan fingerprint density at radius 3 is 2.68 bits per heavy atom. The van der Waals surface area contributed by atoms with E-state index in [1.165, 1.54) is 12.5 Å². The largest absolute Gasteiger partial charge is 0.480 e. The average Bonchev–Trinajstić information content (AvgIpc) is 2.96. The fraction of sp³-hybridized carbons (Fsp3) is 0.467. The number of carboxylic acids is 1. The van der Waals surface area contributed by atoms with Crippen molar-refractivity contribution in [2.75, 3.05) is 43.4 Å². The number of carbonyl (C=O) groups excluding carboxylic acids is 1. The lowest BCUT2D eigenvalue weighted by molar-refractivity contribution is -0.138. The number of hydrogen-bond donors (Lipinski definition) is 4. The summed E-state index contributed by atoms with van der Waals surface area (Å²) >= 11 is 0. The number of pyridine rings is 2. The summed E-state index contributed by atoms with van der Waals surface area (Å²) in [4.78, 5) is 43.7. The second-order valence-corrected chi connectivity index (χ2v) is 10.4. The highest BCUT2D eigenvalue weighted by Gasteiger charge is 2.20. The summed E-state index contributed by atoms with van der Waals surface area (Å²) in [6, 6.07) is 8.86. The molecule has 11 nitrogen and oxygen atoms in total. The number of nitrogens with one attached hydrogen (secondary N) is 3. The number of anilines is 2. The second-order valence-electron chi connectivity index (χ2n) is 10.4. The van der Waals surface area contributed by atoms with Crippen LogP contribution in [0, 0.1) is 6.92 Å². The van der Waals surface area contributed by atoms with Gasteiger partial charge in [0, 0.05) is 68.5 Å². The van der Waals surface area contributed by atoms with E-state index in [1.54, 1.807) is 18.5 Å². The number of fused-ring (bicyclic) bond motifs is 1. The topological polar surface area (TPSA) is 145 Å². The van der Waals surface area contributed by atoms with E-state index in [0.29, 0.717) is 37.7 Å². The Morgan fingerprint density at radius 1 is 1.07 bits per heavy atom. The Morgan fingerprint density at radius 2 is 1.90 bits per heavy atom. The summed E-state index contributed by atoms with van der Waals surface area (Å²) in [5, 5.41) is 19.3. The van der Waals surface area contributed by atoms with Gasteiger partial charge in [-0.15, -0.1) is 0 Å². The van der Waals surface area contributed by atoms with Crippen LogP contribution in [0.4, 0.5) is 11.6 Å². The van der Waals surface area contributed by atoms with Gasteiger partial charge in [-0.2, -0.15) is 0 Å². The minimum atomic E-state index is -0.944. The number of hydrogen-bond acceptors (Lipinski definition) is 9. The van der Waals surface area contributed by atoms with Crippen molar-refractivity contribution in [2.24, 2.45) is 0 Å². The Labute approximate surface area is 241 Å². The lowest BCUT2D eigenvalue weighted by Gasteiger charge is -2.25. The van der Waals surface area contributed by atoms with E-state index in [-0.39, 0.29) is 5.91 Å². The highest BCUT2D eigenvalue weighted by molar-refractivity contribution is 5.77. The first-order chi connectivity index (χ1) is 19.9. The molecule has 0 fully saturated rings. The fourth-order valence-corrected chi connectivity index (χ4v) is 4.90. The molecule has 1 aliphatic heterocycles. The maximum absolute atomic E-state index is 12.2. The van der Waals surface area contributed by atoms with Gasteiger partial charge in [0.25, 0.3) is 0 Å². The molecule has 41 heavy (non-hydrogen) atoms. The van der Waals surface area contributed by atoms with Crippen LogP contribution in [0.25, 0.3) is 11.4 Å². The van der Waals surface area contributed by atoms with Crippen molar-refractivity contribution in [3.05, 3.63) is 59.7 Å². The van der Waals surface area contributed by atoms with Gasteiger partial charge in [-0.05, 0) is 75.8 Å². The first kappa shape index (κ1) is 29.9. The van der Waals surface area contributed by atoms with Crippen LogP contribution < -0.4 is 16.0 Å². The summed E-state index contributed by atoms with van der Waals surface area (Å²) in [5.74, 6) is 0.977. The number of nitrogens with zero attached hydrogens (tertiary/aromatic N) is 5. The van der Waals surface area contributed by atoms with Crippen LogP contribution in [-0.4, -0.2) is 80.6 Å². The van der Waals surface area contributed by atoms with E-state index in [2.05, 4.69) is 47.9 Å². The van der Waals surface area contributed by atoms with Gasteiger partial charge in [0.05, 0.1) is 0 Å². The lowest BCUT2D eigenvalue weighted by Crippen LogP contribution is -2.39. The molecule has 0 aromatic carbocycles. The molecule has 1 aliphatic rings. The van der Waals surface area contributed by atoms with Crippen molar-refractivity contribution >= 4 is 23.5 Å². The van der Waals surface area contributed by atoms with Gasteiger partial charge in [0.1, 0.15) is 17.7 Å². The van der Waals surface area contributed by atoms with Crippen LogP contribution in [0.5, 0.6) is 0 Å². The second kappa shape index (κ2) is 15.0. The summed E-state index contributed by atoms with van der Waals surface area (Å²) in [7, 11) is 0. The Hall–Kier alpha value is -4.12. The van der Waals surface area contributed by atoms with E-state index in [0.717, 1.165) is 68.0 Å². The molecule has 4 rings (SSSR count). The van der Waals surface area contributed by atoms with Crippen molar-refractivity contribution in [1.29, 1.82) is 0 Å². The monoisotopic (exact) mass is 560 g/mol. The molecular weight excluding hydrogens is 520 g/mol. The third-order valence-electron chi connectivity index (χ3n) is 7.06. The molecule has 0 saturated carbocycles. The van der Waals surface area contributed by atoms with E-state index >= 15 is 0 Å². The van der Waals surface area contributed by atoms with Crippen molar-refractivity contribution in [2.45, 2.75) is 58.4 Å². The quantitative estimate of drug-likeness (QED) is 0.204. The molecule has 1 unspecified atom stereocenters. The third-order valence-corrected chi connectivity index (χ3v) is 7.06. The predicted molar refractivity (Wildman–Crippen MR) is 159 cm³/mol. The molecule has 0 aliphatic carbocycles. The first-order valence-electron chi connectivity index (χ1n) is 14.3. The van der Waals surface area contributed by atoms with E-state index in [1.807, 2.05) is 19.1 Å². The van der Waals surface area contributed by atoms with Gasteiger partial charge in [-0.1, -0.05) is 6.07 Å². The molecule has 1 atom stereocenters. The molecule has 4 N–H and O–H groups in total. The highest BCUT2D eigenvalue weighted by atomic mass is 16.4. The van der Waals surface area contributed by atoms with Gasteiger partial charge in [0.15, 0.2) is 5.82 Å². The average molecular weight is 561 g/mol. The van der Waals surface area contributed by atoms with Gasteiger partial charge in [-0.25, -0.2) is 19.7 Å².